The van der Waals surface area contributed by atoms with Crippen molar-refractivity contribution >= 4 is 5.91 Å². The van der Waals surface area contributed by atoms with Gasteiger partial charge in [-0.15, -0.1) is 0 Å². The first kappa shape index (κ1) is 16.8. The molecule has 1 aromatic carbocycles. The molecule has 24 heavy (non-hydrogen) atoms. The smallest absolute Gasteiger partial charge is 0.255 e. The molecule has 0 atom stereocenters. The van der Waals surface area contributed by atoms with Crippen molar-refractivity contribution in [1.82, 2.24) is 14.4 Å². The Morgan fingerprint density at radius 1 is 1.04 bits per heavy atom. The van der Waals surface area contributed by atoms with Crippen LogP contribution in [0.5, 0.6) is 0 Å². The number of carbonyl (C=O) groups excluding carboxylic acids is 1. The standard InChI is InChI=1S/C20H27N3O/c1-16-14-19(20(24)22-11-7-10-21(3)12-13-22)17(2)23(16)15-18-8-5-4-6-9-18/h4-6,8-9,14H,7,10-13,15H2,1-3H3. The van der Waals surface area contributed by atoms with Crippen molar-refractivity contribution in [2.45, 2.75) is 26.8 Å². The van der Waals surface area contributed by atoms with E-state index in [4.69, 9.17) is 0 Å². The van der Waals surface area contributed by atoms with Crippen molar-refractivity contribution in [2.24, 2.45) is 0 Å². The minimum atomic E-state index is 0.178. The van der Waals surface area contributed by atoms with Gasteiger partial charge in [0, 0.05) is 37.6 Å². The predicted octanol–water partition coefficient (Wildman–Crippen LogP) is 2.93. The van der Waals surface area contributed by atoms with Crippen molar-refractivity contribution in [3.05, 3.63) is 58.9 Å². The summed E-state index contributed by atoms with van der Waals surface area (Å²) in [5, 5.41) is 0. The van der Waals surface area contributed by atoms with Gasteiger partial charge < -0.3 is 14.4 Å². The highest BCUT2D eigenvalue weighted by atomic mass is 16.2. The van der Waals surface area contributed by atoms with Gasteiger partial charge in [0.2, 0.25) is 0 Å². The van der Waals surface area contributed by atoms with Gasteiger partial charge in [-0.1, -0.05) is 30.3 Å². The molecule has 1 saturated heterocycles. The fraction of sp³-hybridized carbons (Fsp3) is 0.450. The maximum Gasteiger partial charge on any atom is 0.255 e. The van der Waals surface area contributed by atoms with E-state index in [2.05, 4.69) is 60.7 Å². The van der Waals surface area contributed by atoms with E-state index in [1.807, 2.05) is 11.0 Å². The summed E-state index contributed by atoms with van der Waals surface area (Å²) in [6.45, 7) is 8.65. The number of carbonyl (C=O) groups is 1. The molecule has 128 valence electrons. The summed E-state index contributed by atoms with van der Waals surface area (Å²) in [7, 11) is 2.12. The van der Waals surface area contributed by atoms with Crippen molar-refractivity contribution < 1.29 is 4.79 Å². The molecule has 1 fully saturated rings. The molecule has 0 bridgehead atoms. The molecule has 2 aromatic rings. The van der Waals surface area contributed by atoms with Crippen LogP contribution >= 0.6 is 0 Å². The van der Waals surface area contributed by atoms with E-state index in [9.17, 15) is 4.79 Å². The van der Waals surface area contributed by atoms with E-state index < -0.39 is 0 Å². The number of rotatable bonds is 3. The largest absolute Gasteiger partial charge is 0.344 e. The number of nitrogens with zero attached hydrogens (tertiary/aromatic N) is 3. The predicted molar refractivity (Wildman–Crippen MR) is 97.5 cm³/mol. The molecule has 1 amide bonds. The molecule has 0 aliphatic carbocycles. The lowest BCUT2D eigenvalue weighted by Crippen LogP contribution is -2.34. The van der Waals surface area contributed by atoms with Crippen LogP contribution in [0.25, 0.3) is 0 Å². The third kappa shape index (κ3) is 3.54. The first-order valence-corrected chi connectivity index (χ1v) is 8.74. The van der Waals surface area contributed by atoms with E-state index in [1.165, 1.54) is 5.56 Å². The summed E-state index contributed by atoms with van der Waals surface area (Å²) >= 11 is 0. The summed E-state index contributed by atoms with van der Waals surface area (Å²) in [6.07, 6.45) is 1.05. The van der Waals surface area contributed by atoms with Gasteiger partial charge in [0.05, 0.1) is 5.56 Å². The highest BCUT2D eigenvalue weighted by Crippen LogP contribution is 2.19. The number of benzene rings is 1. The van der Waals surface area contributed by atoms with Gasteiger partial charge in [-0.2, -0.15) is 0 Å². The SMILES string of the molecule is Cc1cc(C(=O)N2CCCN(C)CC2)c(C)n1Cc1ccccc1. The molecule has 0 unspecified atom stereocenters. The molecular weight excluding hydrogens is 298 g/mol. The zero-order valence-electron chi connectivity index (χ0n) is 15.0. The van der Waals surface area contributed by atoms with Crippen LogP contribution in [0.15, 0.2) is 36.4 Å². The number of aryl methyl sites for hydroxylation is 1. The third-order valence-electron chi connectivity index (χ3n) is 4.99. The molecule has 4 nitrogen and oxygen atoms in total. The second-order valence-electron chi connectivity index (χ2n) is 6.81. The van der Waals surface area contributed by atoms with Crippen molar-refractivity contribution in [3.63, 3.8) is 0 Å². The average Bonchev–Trinajstić information content (AvgIpc) is 2.76. The highest BCUT2D eigenvalue weighted by molar-refractivity contribution is 5.95. The van der Waals surface area contributed by atoms with E-state index >= 15 is 0 Å². The van der Waals surface area contributed by atoms with Gasteiger partial charge >= 0.3 is 0 Å². The monoisotopic (exact) mass is 325 g/mol. The topological polar surface area (TPSA) is 28.5 Å². The van der Waals surface area contributed by atoms with Gasteiger partial charge in [0.15, 0.2) is 0 Å². The molecule has 0 N–H and O–H groups in total. The number of likely N-dealkylation sites (N-methyl/N-ethyl adjacent to an activating group) is 1. The molecule has 1 aliphatic rings. The van der Waals surface area contributed by atoms with E-state index in [-0.39, 0.29) is 5.91 Å². The Hall–Kier alpha value is -2.07. The highest BCUT2D eigenvalue weighted by Gasteiger charge is 2.23. The minimum Gasteiger partial charge on any atom is -0.344 e. The number of hydrogen-bond donors (Lipinski definition) is 0. The molecule has 4 heteroatoms. The molecular formula is C20H27N3O. The lowest BCUT2D eigenvalue weighted by molar-refractivity contribution is 0.0762. The Labute approximate surface area is 144 Å². The van der Waals surface area contributed by atoms with E-state index in [0.29, 0.717) is 0 Å². The maximum absolute atomic E-state index is 13.0. The molecule has 1 aromatic heterocycles. The number of hydrogen-bond acceptors (Lipinski definition) is 2. The Morgan fingerprint density at radius 3 is 2.54 bits per heavy atom. The Balaban J connectivity index is 1.81. The summed E-state index contributed by atoms with van der Waals surface area (Å²) < 4.78 is 2.24. The lowest BCUT2D eigenvalue weighted by atomic mass is 10.2. The minimum absolute atomic E-state index is 0.178. The normalized spacial score (nSPS) is 16.2. The Kier molecular flexibility index (Phi) is 5.05. The van der Waals surface area contributed by atoms with Gasteiger partial charge in [0.25, 0.3) is 5.91 Å². The zero-order valence-corrected chi connectivity index (χ0v) is 15.0. The fourth-order valence-electron chi connectivity index (χ4n) is 3.45. The molecule has 3 rings (SSSR count). The van der Waals surface area contributed by atoms with Crippen LogP contribution < -0.4 is 0 Å². The van der Waals surface area contributed by atoms with Crippen molar-refractivity contribution in [2.75, 3.05) is 33.2 Å². The first-order valence-electron chi connectivity index (χ1n) is 8.74. The summed E-state index contributed by atoms with van der Waals surface area (Å²) in [5.74, 6) is 0.178. The van der Waals surface area contributed by atoms with Crippen LogP contribution in [0, 0.1) is 13.8 Å². The van der Waals surface area contributed by atoms with Crippen LogP contribution in [0.1, 0.15) is 33.7 Å². The summed E-state index contributed by atoms with van der Waals surface area (Å²) in [6, 6.07) is 12.5. The number of amides is 1. The van der Waals surface area contributed by atoms with Gasteiger partial charge in [-0.05, 0) is 45.5 Å². The summed E-state index contributed by atoms with van der Waals surface area (Å²) in [5.41, 5.74) is 4.33. The van der Waals surface area contributed by atoms with Crippen molar-refractivity contribution in [3.8, 4) is 0 Å². The van der Waals surface area contributed by atoms with Crippen LogP contribution in [-0.4, -0.2) is 53.5 Å². The second kappa shape index (κ2) is 7.22. The van der Waals surface area contributed by atoms with Crippen LogP contribution in [0.2, 0.25) is 0 Å². The molecule has 0 saturated carbocycles. The van der Waals surface area contributed by atoms with Crippen LogP contribution in [0.3, 0.4) is 0 Å². The van der Waals surface area contributed by atoms with E-state index in [0.717, 1.165) is 56.1 Å². The van der Waals surface area contributed by atoms with Gasteiger partial charge in [-0.3, -0.25) is 4.79 Å². The molecule has 0 spiro atoms. The van der Waals surface area contributed by atoms with Gasteiger partial charge in [0.1, 0.15) is 0 Å². The third-order valence-corrected chi connectivity index (χ3v) is 4.99. The van der Waals surface area contributed by atoms with Crippen molar-refractivity contribution in [1.29, 1.82) is 0 Å². The van der Waals surface area contributed by atoms with Crippen LogP contribution in [0.4, 0.5) is 0 Å². The average molecular weight is 325 g/mol. The van der Waals surface area contributed by atoms with E-state index in [1.54, 1.807) is 0 Å². The van der Waals surface area contributed by atoms with Gasteiger partial charge in [-0.25, -0.2) is 0 Å². The lowest BCUT2D eigenvalue weighted by Gasteiger charge is -2.20. The quantitative estimate of drug-likeness (QED) is 0.868. The maximum atomic E-state index is 13.0. The van der Waals surface area contributed by atoms with Crippen LogP contribution in [-0.2, 0) is 6.54 Å². The molecule has 2 heterocycles. The molecule has 1 aliphatic heterocycles. The first-order chi connectivity index (χ1) is 11.6. The Bertz CT molecular complexity index is 705. The zero-order chi connectivity index (χ0) is 17.1. The molecule has 0 radical (unpaired) electrons. The number of aromatic nitrogens is 1. The Morgan fingerprint density at radius 2 is 1.79 bits per heavy atom. The summed E-state index contributed by atoms with van der Waals surface area (Å²) in [4.78, 5) is 17.3. The fourth-order valence-corrected chi connectivity index (χ4v) is 3.45. The second-order valence-corrected chi connectivity index (χ2v) is 6.81.